The molecule has 2 aromatic carbocycles. The Morgan fingerprint density at radius 1 is 0.919 bits per heavy atom. The van der Waals surface area contributed by atoms with Gasteiger partial charge in [0.2, 0.25) is 5.91 Å². The average molecular weight is 496 g/mol. The van der Waals surface area contributed by atoms with Crippen molar-refractivity contribution in [3.05, 3.63) is 71.4 Å². The van der Waals surface area contributed by atoms with Crippen LogP contribution in [0.4, 0.5) is 5.69 Å². The second-order valence-corrected chi connectivity index (χ2v) is 9.50. The van der Waals surface area contributed by atoms with Crippen molar-refractivity contribution in [1.29, 1.82) is 0 Å². The number of H-pyrrole nitrogens is 1. The normalized spacial score (nSPS) is 16.8. The molecule has 0 radical (unpaired) electrons. The molecule has 1 atom stereocenters. The number of carbonyl (C=O) groups excluding carboxylic acids is 4. The highest BCUT2D eigenvalue weighted by atomic mass is 16.2. The summed E-state index contributed by atoms with van der Waals surface area (Å²) in [4.78, 5) is 60.7. The number of nitrogens with zero attached hydrogens (tertiary/aromatic N) is 2. The molecule has 0 fully saturated rings. The predicted molar refractivity (Wildman–Crippen MR) is 142 cm³/mol. The highest BCUT2D eigenvalue weighted by molar-refractivity contribution is 6.42. The predicted octanol–water partition coefficient (Wildman–Crippen LogP) is 5.64. The second kappa shape index (κ2) is 10.5. The van der Waals surface area contributed by atoms with E-state index in [0.717, 1.165) is 46.3 Å². The van der Waals surface area contributed by atoms with Gasteiger partial charge in [0, 0.05) is 53.7 Å². The van der Waals surface area contributed by atoms with Gasteiger partial charge < -0.3 is 4.98 Å². The van der Waals surface area contributed by atoms with Gasteiger partial charge >= 0.3 is 0 Å². The number of nitrogens with one attached hydrogen (secondary N) is 1. The molecule has 0 aliphatic carbocycles. The molecular formula is C30H29N3O4. The molecule has 2 aliphatic rings. The van der Waals surface area contributed by atoms with Gasteiger partial charge in [-0.1, -0.05) is 56.2 Å². The number of aromatic amines is 1. The minimum Gasteiger partial charge on any atom is -0.361 e. The van der Waals surface area contributed by atoms with E-state index in [9.17, 15) is 19.2 Å². The van der Waals surface area contributed by atoms with E-state index in [1.807, 2.05) is 55.5 Å². The number of aliphatic imine (C=N–C) groups is 1. The van der Waals surface area contributed by atoms with Crippen LogP contribution in [-0.2, 0) is 19.2 Å². The second-order valence-electron chi connectivity index (χ2n) is 9.50. The molecule has 1 aromatic heterocycles. The number of rotatable bonds is 10. The number of para-hydroxylation sites is 2. The van der Waals surface area contributed by atoms with Crippen molar-refractivity contribution in [2.45, 2.75) is 57.8 Å². The summed E-state index contributed by atoms with van der Waals surface area (Å²) < 4.78 is 0. The lowest BCUT2D eigenvalue weighted by Gasteiger charge is -2.15. The summed E-state index contributed by atoms with van der Waals surface area (Å²) in [5.41, 5.74) is 3.59. The summed E-state index contributed by atoms with van der Waals surface area (Å²) in [5.74, 6) is -1.91. The molecular weight excluding hydrogens is 466 g/mol. The van der Waals surface area contributed by atoms with Gasteiger partial charge in [-0.25, -0.2) is 4.90 Å². The van der Waals surface area contributed by atoms with Gasteiger partial charge in [-0.15, -0.1) is 0 Å². The molecule has 3 heterocycles. The van der Waals surface area contributed by atoms with Gasteiger partial charge in [-0.2, -0.15) is 0 Å². The third-order valence-electron chi connectivity index (χ3n) is 7.16. The minimum atomic E-state index is -0.582. The molecule has 1 N–H and O–H groups in total. The molecule has 3 amide bonds. The topological polar surface area (TPSA) is 99.7 Å². The van der Waals surface area contributed by atoms with Crippen LogP contribution in [0.1, 0.15) is 68.9 Å². The first-order valence-corrected chi connectivity index (χ1v) is 12.9. The quantitative estimate of drug-likeness (QED) is 0.291. The lowest BCUT2D eigenvalue weighted by molar-refractivity contribution is -0.148. The Hall–Kier alpha value is -4.13. The number of carbonyl (C=O) groups is 4. The number of fused-ring (bicyclic) bond motifs is 2. The lowest BCUT2D eigenvalue weighted by atomic mass is 9.88. The maximum absolute atomic E-state index is 13.8. The first-order chi connectivity index (χ1) is 18.0. The molecule has 0 saturated carbocycles. The number of benzene rings is 2. The molecule has 188 valence electrons. The number of hydrogen-bond acceptors (Lipinski definition) is 5. The molecule has 37 heavy (non-hydrogen) atoms. The fourth-order valence-corrected chi connectivity index (χ4v) is 5.17. The van der Waals surface area contributed by atoms with Crippen molar-refractivity contribution in [3.8, 4) is 0 Å². The summed E-state index contributed by atoms with van der Waals surface area (Å²) in [7, 11) is 0. The van der Waals surface area contributed by atoms with Crippen molar-refractivity contribution in [1.82, 2.24) is 9.88 Å². The van der Waals surface area contributed by atoms with E-state index < -0.39 is 23.6 Å². The monoisotopic (exact) mass is 495 g/mol. The Kier molecular flexibility index (Phi) is 6.95. The molecule has 0 spiro atoms. The van der Waals surface area contributed by atoms with Crippen LogP contribution in [0.5, 0.6) is 0 Å². The van der Waals surface area contributed by atoms with Crippen LogP contribution in [0.2, 0.25) is 0 Å². The van der Waals surface area contributed by atoms with Crippen LogP contribution < -0.4 is 0 Å². The Labute approximate surface area is 215 Å². The van der Waals surface area contributed by atoms with E-state index in [-0.39, 0.29) is 23.4 Å². The average Bonchev–Trinajstić information content (AvgIpc) is 3.59. The van der Waals surface area contributed by atoms with Crippen molar-refractivity contribution in [2.75, 3.05) is 0 Å². The molecule has 2 aliphatic heterocycles. The van der Waals surface area contributed by atoms with Crippen molar-refractivity contribution in [2.24, 2.45) is 4.99 Å². The summed E-state index contributed by atoms with van der Waals surface area (Å²) >= 11 is 0. The molecule has 3 aromatic rings. The molecule has 7 heteroatoms. The summed E-state index contributed by atoms with van der Waals surface area (Å²) in [6, 6.07) is 15.1. The van der Waals surface area contributed by atoms with E-state index in [2.05, 4.69) is 9.98 Å². The van der Waals surface area contributed by atoms with Crippen molar-refractivity contribution < 1.29 is 19.2 Å². The summed E-state index contributed by atoms with van der Waals surface area (Å²) in [6.45, 7) is 1.86. The van der Waals surface area contributed by atoms with Crippen LogP contribution in [0, 0.1) is 0 Å². The van der Waals surface area contributed by atoms with Gasteiger partial charge in [0.15, 0.2) is 0 Å². The van der Waals surface area contributed by atoms with E-state index in [4.69, 9.17) is 0 Å². The molecule has 0 saturated heterocycles. The van der Waals surface area contributed by atoms with E-state index in [1.54, 1.807) is 12.4 Å². The largest absolute Gasteiger partial charge is 0.361 e. The first kappa shape index (κ1) is 24.6. The maximum Gasteiger partial charge on any atom is 0.268 e. The number of amides is 3. The van der Waals surface area contributed by atoms with Gasteiger partial charge in [-0.3, -0.25) is 24.2 Å². The Bertz CT molecular complexity index is 1460. The maximum atomic E-state index is 13.8. The fraction of sp³-hybridized carbons (Fsp3) is 0.300. The van der Waals surface area contributed by atoms with E-state index in [1.165, 1.54) is 0 Å². The van der Waals surface area contributed by atoms with E-state index in [0.29, 0.717) is 24.8 Å². The number of ketones is 1. The molecule has 1 unspecified atom stereocenters. The summed E-state index contributed by atoms with van der Waals surface area (Å²) in [6.07, 6.45) is 7.56. The third-order valence-corrected chi connectivity index (χ3v) is 7.16. The summed E-state index contributed by atoms with van der Waals surface area (Å²) in [5, 5.41) is 0.815. The zero-order valence-electron chi connectivity index (χ0n) is 20.8. The SMILES string of the molecule is CCC(=O)CCCCCCC(=O)N1C(=O)C(c2c[nH]c3ccccc23)=C(C2C=Nc3ccccc32)C1=O. The molecule has 7 nitrogen and oxygen atoms in total. The number of aromatic nitrogens is 1. The van der Waals surface area contributed by atoms with Gasteiger partial charge in [0.25, 0.3) is 11.8 Å². The third kappa shape index (κ3) is 4.57. The Balaban J connectivity index is 1.42. The van der Waals surface area contributed by atoms with Gasteiger partial charge in [0.1, 0.15) is 5.78 Å². The van der Waals surface area contributed by atoms with Crippen LogP contribution in [0.15, 0.2) is 65.3 Å². The number of unbranched alkanes of at least 4 members (excludes halogenated alkanes) is 3. The van der Waals surface area contributed by atoms with E-state index >= 15 is 0 Å². The lowest BCUT2D eigenvalue weighted by Crippen LogP contribution is -2.38. The standard InChI is InChI=1S/C30H29N3O4/c1-2-19(34)11-5-3-4-6-16-26(35)33-29(36)27(22-17-31-24-14-9-7-12-20(22)24)28(30(33)37)23-18-32-25-15-10-8-13-21(23)25/h7-10,12-15,17-18,22,32H,2-6,11,16H2,1H3. The van der Waals surface area contributed by atoms with Gasteiger partial charge in [0.05, 0.1) is 17.2 Å². The number of Topliss-reactive ketones (excluding diaryl/α,β-unsaturated/α-hetero) is 1. The van der Waals surface area contributed by atoms with Crippen LogP contribution in [0.25, 0.3) is 16.5 Å². The Morgan fingerprint density at radius 2 is 1.65 bits per heavy atom. The van der Waals surface area contributed by atoms with Crippen molar-refractivity contribution >= 4 is 51.9 Å². The minimum absolute atomic E-state index is 0.100. The Morgan fingerprint density at radius 3 is 2.46 bits per heavy atom. The number of imide groups is 3. The molecule has 0 bridgehead atoms. The number of hydrogen-bond donors (Lipinski definition) is 1. The smallest absolute Gasteiger partial charge is 0.268 e. The van der Waals surface area contributed by atoms with Crippen LogP contribution >= 0.6 is 0 Å². The highest BCUT2D eigenvalue weighted by Gasteiger charge is 2.46. The fourth-order valence-electron chi connectivity index (χ4n) is 5.17. The highest BCUT2D eigenvalue weighted by Crippen LogP contribution is 2.44. The van der Waals surface area contributed by atoms with Crippen LogP contribution in [-0.4, -0.2) is 39.6 Å². The van der Waals surface area contributed by atoms with Crippen molar-refractivity contribution in [3.63, 3.8) is 0 Å². The van der Waals surface area contributed by atoms with Gasteiger partial charge in [-0.05, 0) is 30.5 Å². The van der Waals surface area contributed by atoms with Crippen LogP contribution in [0.3, 0.4) is 0 Å². The zero-order chi connectivity index (χ0) is 25.9. The zero-order valence-corrected chi connectivity index (χ0v) is 20.8. The first-order valence-electron chi connectivity index (χ1n) is 12.9. The molecule has 5 rings (SSSR count).